The van der Waals surface area contributed by atoms with Crippen LogP contribution in [0.25, 0.3) is 0 Å². The number of hydrogen-bond donors (Lipinski definition) is 2. The number of halogens is 2. The van der Waals surface area contributed by atoms with Gasteiger partial charge in [0.05, 0.1) is 18.5 Å². The van der Waals surface area contributed by atoms with Gasteiger partial charge in [-0.05, 0) is 52.9 Å². The Morgan fingerprint density at radius 1 is 1.24 bits per heavy atom. The van der Waals surface area contributed by atoms with Crippen molar-refractivity contribution in [1.29, 1.82) is 0 Å². The highest BCUT2D eigenvalue weighted by Crippen LogP contribution is 2.27. The molecule has 0 amide bonds. The minimum Gasteiger partial charge on any atom is -0.497 e. The van der Waals surface area contributed by atoms with Gasteiger partial charge >= 0.3 is 0 Å². The number of hydrogen-bond acceptors (Lipinski definition) is 4. The van der Waals surface area contributed by atoms with Gasteiger partial charge in [-0.3, -0.25) is 4.72 Å². The molecule has 2 rings (SSSR count). The summed E-state index contributed by atoms with van der Waals surface area (Å²) in [5.41, 5.74) is 6.09. The lowest BCUT2D eigenvalue weighted by Crippen LogP contribution is -2.15. The molecule has 0 aromatic heterocycles. The van der Waals surface area contributed by atoms with Gasteiger partial charge in [0.25, 0.3) is 10.0 Å². The molecule has 0 unspecified atom stereocenters. The number of nitrogen functional groups attached to an aromatic ring is 1. The van der Waals surface area contributed by atoms with Crippen molar-refractivity contribution >= 4 is 44.0 Å². The second kappa shape index (κ2) is 6.06. The van der Waals surface area contributed by atoms with Crippen LogP contribution in [0.5, 0.6) is 5.75 Å². The largest absolute Gasteiger partial charge is 0.497 e. The van der Waals surface area contributed by atoms with Gasteiger partial charge in [-0.25, -0.2) is 12.8 Å². The first kappa shape index (κ1) is 15.8. The molecular formula is C13H12FIN2O3S. The Morgan fingerprint density at radius 3 is 2.52 bits per heavy atom. The average molecular weight is 422 g/mol. The highest BCUT2D eigenvalue weighted by Gasteiger charge is 2.19. The molecule has 21 heavy (non-hydrogen) atoms. The first-order valence-electron chi connectivity index (χ1n) is 5.75. The molecule has 2 aromatic rings. The van der Waals surface area contributed by atoms with Crippen LogP contribution in [0, 0.1) is 9.39 Å². The van der Waals surface area contributed by atoms with Crippen molar-refractivity contribution in [3.63, 3.8) is 0 Å². The van der Waals surface area contributed by atoms with Gasteiger partial charge in [0.15, 0.2) is 0 Å². The fraction of sp³-hybridized carbons (Fsp3) is 0.0769. The third-order valence-electron chi connectivity index (χ3n) is 2.68. The number of ether oxygens (including phenoxy) is 1. The molecule has 0 saturated carbocycles. The summed E-state index contributed by atoms with van der Waals surface area (Å²) in [5.74, 6) is 0.0223. The number of anilines is 2. The van der Waals surface area contributed by atoms with Gasteiger partial charge in [0.2, 0.25) is 0 Å². The van der Waals surface area contributed by atoms with Gasteiger partial charge in [-0.1, -0.05) is 0 Å². The van der Waals surface area contributed by atoms with E-state index in [0.29, 0.717) is 9.32 Å². The topological polar surface area (TPSA) is 81.4 Å². The van der Waals surface area contributed by atoms with E-state index in [1.165, 1.54) is 43.5 Å². The summed E-state index contributed by atoms with van der Waals surface area (Å²) in [6.45, 7) is 0. The van der Waals surface area contributed by atoms with Gasteiger partial charge in [0, 0.05) is 9.64 Å². The van der Waals surface area contributed by atoms with Crippen LogP contribution in [0.1, 0.15) is 0 Å². The number of rotatable bonds is 4. The minimum atomic E-state index is -3.86. The van der Waals surface area contributed by atoms with E-state index in [0.717, 1.165) is 0 Å². The summed E-state index contributed by atoms with van der Waals surface area (Å²) in [5, 5.41) is 0. The third-order valence-corrected chi connectivity index (χ3v) is 5.01. The summed E-state index contributed by atoms with van der Waals surface area (Å²) in [7, 11) is -2.40. The predicted octanol–water partition coefficient (Wildman–Crippen LogP) is 2.82. The Balaban J connectivity index is 2.38. The summed E-state index contributed by atoms with van der Waals surface area (Å²) in [6, 6.07) is 8.04. The first-order chi connectivity index (χ1) is 9.83. The van der Waals surface area contributed by atoms with Crippen molar-refractivity contribution in [2.24, 2.45) is 0 Å². The van der Waals surface area contributed by atoms with Crippen molar-refractivity contribution in [1.82, 2.24) is 0 Å². The van der Waals surface area contributed by atoms with E-state index in [4.69, 9.17) is 10.5 Å². The number of sulfonamides is 1. The molecule has 0 aliphatic carbocycles. The van der Waals surface area contributed by atoms with E-state index in [9.17, 15) is 12.8 Å². The summed E-state index contributed by atoms with van der Waals surface area (Å²) < 4.78 is 45.5. The molecule has 3 N–H and O–H groups in total. The second-order valence-electron chi connectivity index (χ2n) is 4.13. The standard InChI is InChI=1S/C13H12FIN2O3S/c1-20-9-3-5-13(11(16)7-9)21(18,19)17-12-4-2-8(14)6-10(12)15/h2-7,17H,16H2,1H3. The lowest BCUT2D eigenvalue weighted by molar-refractivity contribution is 0.414. The van der Waals surface area contributed by atoms with E-state index in [1.54, 1.807) is 0 Å². The summed E-state index contributed by atoms with van der Waals surface area (Å²) in [6.07, 6.45) is 0. The molecule has 0 saturated heterocycles. The van der Waals surface area contributed by atoms with E-state index in [-0.39, 0.29) is 16.3 Å². The molecule has 0 aliphatic rings. The molecule has 0 radical (unpaired) electrons. The molecule has 0 bridgehead atoms. The van der Waals surface area contributed by atoms with Crippen molar-refractivity contribution in [3.8, 4) is 5.75 Å². The van der Waals surface area contributed by atoms with Crippen LogP contribution in [-0.2, 0) is 10.0 Å². The average Bonchev–Trinajstić information content (AvgIpc) is 2.41. The third kappa shape index (κ3) is 3.56. The zero-order valence-corrected chi connectivity index (χ0v) is 13.9. The second-order valence-corrected chi connectivity index (χ2v) is 6.95. The Labute approximate surface area is 135 Å². The normalized spacial score (nSPS) is 11.2. The van der Waals surface area contributed by atoms with Gasteiger partial charge in [-0.15, -0.1) is 0 Å². The first-order valence-corrected chi connectivity index (χ1v) is 8.31. The van der Waals surface area contributed by atoms with Crippen molar-refractivity contribution in [3.05, 3.63) is 45.8 Å². The quantitative estimate of drug-likeness (QED) is 0.587. The molecule has 5 nitrogen and oxygen atoms in total. The van der Waals surface area contributed by atoms with Gasteiger partial charge < -0.3 is 10.5 Å². The van der Waals surface area contributed by atoms with Gasteiger partial charge in [-0.2, -0.15) is 0 Å². The molecular weight excluding hydrogens is 410 g/mol. The SMILES string of the molecule is COc1ccc(S(=O)(=O)Nc2ccc(F)cc2I)c(N)c1. The summed E-state index contributed by atoms with van der Waals surface area (Å²) >= 11 is 1.85. The van der Waals surface area contributed by atoms with Crippen molar-refractivity contribution < 1.29 is 17.5 Å². The van der Waals surface area contributed by atoms with Crippen LogP contribution < -0.4 is 15.2 Å². The van der Waals surface area contributed by atoms with Crippen LogP contribution in [0.4, 0.5) is 15.8 Å². The maximum atomic E-state index is 13.0. The fourth-order valence-electron chi connectivity index (χ4n) is 1.67. The van der Waals surface area contributed by atoms with E-state index < -0.39 is 15.8 Å². The Morgan fingerprint density at radius 2 is 1.95 bits per heavy atom. The lowest BCUT2D eigenvalue weighted by atomic mass is 10.3. The highest BCUT2D eigenvalue weighted by molar-refractivity contribution is 14.1. The molecule has 0 aliphatic heterocycles. The number of nitrogens with one attached hydrogen (secondary N) is 1. The predicted molar refractivity (Wildman–Crippen MR) is 87.3 cm³/mol. The zero-order valence-electron chi connectivity index (χ0n) is 10.9. The van der Waals surface area contributed by atoms with E-state index in [2.05, 4.69) is 4.72 Å². The van der Waals surface area contributed by atoms with Gasteiger partial charge in [0.1, 0.15) is 16.5 Å². The highest BCUT2D eigenvalue weighted by atomic mass is 127. The molecule has 0 spiro atoms. The van der Waals surface area contributed by atoms with E-state index >= 15 is 0 Å². The van der Waals surface area contributed by atoms with Crippen LogP contribution in [0.3, 0.4) is 0 Å². The lowest BCUT2D eigenvalue weighted by Gasteiger charge is -2.12. The fourth-order valence-corrected chi connectivity index (χ4v) is 3.66. The van der Waals surface area contributed by atoms with Crippen LogP contribution in [0.2, 0.25) is 0 Å². The van der Waals surface area contributed by atoms with E-state index in [1.807, 2.05) is 22.6 Å². The molecule has 0 fully saturated rings. The minimum absolute atomic E-state index is 0.0663. The molecule has 2 aromatic carbocycles. The maximum absolute atomic E-state index is 13.0. The van der Waals surface area contributed by atoms with Crippen LogP contribution in [0.15, 0.2) is 41.3 Å². The zero-order chi connectivity index (χ0) is 15.6. The Bertz CT molecular complexity index is 781. The molecule has 8 heteroatoms. The van der Waals surface area contributed by atoms with Crippen molar-refractivity contribution in [2.45, 2.75) is 4.90 Å². The number of benzene rings is 2. The van der Waals surface area contributed by atoms with Crippen LogP contribution in [-0.4, -0.2) is 15.5 Å². The Hall–Kier alpha value is -1.55. The maximum Gasteiger partial charge on any atom is 0.263 e. The number of methoxy groups -OCH3 is 1. The molecule has 112 valence electrons. The molecule has 0 atom stereocenters. The smallest absolute Gasteiger partial charge is 0.263 e. The number of nitrogens with two attached hydrogens (primary N) is 1. The van der Waals surface area contributed by atoms with Crippen LogP contribution >= 0.6 is 22.6 Å². The Kier molecular flexibility index (Phi) is 4.57. The van der Waals surface area contributed by atoms with Crippen molar-refractivity contribution in [2.75, 3.05) is 17.6 Å². The summed E-state index contributed by atoms with van der Waals surface area (Å²) in [4.78, 5) is -0.0663. The molecule has 0 heterocycles. The monoisotopic (exact) mass is 422 g/mol.